The third kappa shape index (κ3) is 5.62. The highest BCUT2D eigenvalue weighted by Crippen LogP contribution is 2.46. The van der Waals surface area contributed by atoms with E-state index in [0.717, 1.165) is 88.8 Å². The van der Waals surface area contributed by atoms with E-state index in [1.807, 2.05) is 91.0 Å². The zero-order chi connectivity index (χ0) is 37.7. The normalized spacial score (nSPS) is 11.5. The summed E-state index contributed by atoms with van der Waals surface area (Å²) in [4.78, 5) is 18.1. The Bertz CT molecular complexity index is 3250. The first-order valence-electron chi connectivity index (χ1n) is 18.9. The number of fused-ring (bicyclic) bond motifs is 6. The quantitative estimate of drug-likeness (QED) is 0.162. The molecule has 0 amide bonds. The fraction of sp³-hybridized carbons (Fsp3) is 0. The maximum Gasteiger partial charge on any atom is 0.164 e. The maximum absolute atomic E-state index is 6.71. The Morgan fingerprint density at radius 2 is 0.842 bits per heavy atom. The van der Waals surface area contributed by atoms with E-state index in [-0.39, 0.29) is 0 Å². The molecule has 11 rings (SSSR count). The molecular formula is C51H32N4O2. The smallest absolute Gasteiger partial charge is 0.164 e. The molecule has 0 aliphatic heterocycles. The van der Waals surface area contributed by atoms with Gasteiger partial charge in [-0.1, -0.05) is 146 Å². The summed E-state index contributed by atoms with van der Waals surface area (Å²) in [5.74, 6) is 1.66. The molecule has 0 aliphatic carbocycles. The lowest BCUT2D eigenvalue weighted by Crippen LogP contribution is -2.11. The van der Waals surface area contributed by atoms with Gasteiger partial charge in [-0.05, 0) is 48.0 Å². The fourth-order valence-electron chi connectivity index (χ4n) is 7.97. The molecule has 11 aromatic rings. The van der Waals surface area contributed by atoms with E-state index >= 15 is 0 Å². The van der Waals surface area contributed by atoms with Gasteiger partial charge in [0.2, 0.25) is 0 Å². The standard InChI is InChI=1S/C51H32N4O2/c1-4-17-33(18-5-1)37-23-10-13-27-42(37)55(35-21-8-3-9-22-35)36-31-41(48-39-25-12-15-29-44(39)57-46(48)32-36)51-53-49(34-19-6-2-7-20-34)52-50(54-51)40-26-16-30-45-47(40)38-24-11-14-28-43(38)56-45/h1-32H. The lowest BCUT2D eigenvalue weighted by molar-refractivity contribution is 0.668. The number of anilines is 3. The van der Waals surface area contributed by atoms with Crippen LogP contribution in [0.5, 0.6) is 0 Å². The van der Waals surface area contributed by atoms with Gasteiger partial charge < -0.3 is 13.7 Å². The van der Waals surface area contributed by atoms with E-state index in [4.69, 9.17) is 23.8 Å². The van der Waals surface area contributed by atoms with Gasteiger partial charge in [0.25, 0.3) is 0 Å². The minimum atomic E-state index is 0.534. The highest BCUT2D eigenvalue weighted by atomic mass is 16.3. The van der Waals surface area contributed by atoms with Crippen LogP contribution in [0, 0.1) is 0 Å². The molecular weight excluding hydrogens is 701 g/mol. The third-order valence-electron chi connectivity index (χ3n) is 10.5. The van der Waals surface area contributed by atoms with Crippen LogP contribution in [0.15, 0.2) is 203 Å². The molecule has 0 atom stereocenters. The van der Waals surface area contributed by atoms with Crippen LogP contribution in [-0.4, -0.2) is 15.0 Å². The predicted octanol–water partition coefficient (Wildman–Crippen LogP) is 13.8. The van der Waals surface area contributed by atoms with Crippen LogP contribution in [0.2, 0.25) is 0 Å². The van der Waals surface area contributed by atoms with Gasteiger partial charge >= 0.3 is 0 Å². The first-order chi connectivity index (χ1) is 28.3. The van der Waals surface area contributed by atoms with E-state index in [0.29, 0.717) is 17.5 Å². The average molecular weight is 733 g/mol. The number of hydrogen-bond acceptors (Lipinski definition) is 6. The number of nitrogens with zero attached hydrogens (tertiary/aromatic N) is 4. The van der Waals surface area contributed by atoms with Gasteiger partial charge in [-0.25, -0.2) is 15.0 Å². The van der Waals surface area contributed by atoms with Crippen LogP contribution in [0.4, 0.5) is 17.1 Å². The van der Waals surface area contributed by atoms with Crippen LogP contribution in [-0.2, 0) is 0 Å². The fourth-order valence-corrected chi connectivity index (χ4v) is 7.97. The number of para-hydroxylation sites is 4. The lowest BCUT2D eigenvalue weighted by atomic mass is 10.00. The third-order valence-corrected chi connectivity index (χ3v) is 10.5. The predicted molar refractivity (Wildman–Crippen MR) is 231 cm³/mol. The highest BCUT2D eigenvalue weighted by molar-refractivity contribution is 6.14. The van der Waals surface area contributed by atoms with Gasteiger partial charge in [0.05, 0.1) is 11.4 Å². The molecule has 0 unspecified atom stereocenters. The molecule has 0 saturated carbocycles. The molecule has 0 saturated heterocycles. The van der Waals surface area contributed by atoms with Crippen LogP contribution < -0.4 is 4.90 Å². The molecule has 0 N–H and O–H groups in total. The van der Waals surface area contributed by atoms with E-state index < -0.39 is 0 Å². The van der Waals surface area contributed by atoms with Crippen molar-refractivity contribution in [1.29, 1.82) is 0 Å². The SMILES string of the molecule is c1ccc(-c2nc(-c3cccc4oc5ccccc5c34)nc(-c3cc(N(c4ccccc4)c4ccccc4-c4ccccc4)cc4oc5ccccc5c34)n2)cc1. The van der Waals surface area contributed by atoms with Crippen molar-refractivity contribution < 1.29 is 8.83 Å². The minimum absolute atomic E-state index is 0.534. The molecule has 8 aromatic carbocycles. The minimum Gasteiger partial charge on any atom is -0.456 e. The first kappa shape index (κ1) is 32.6. The van der Waals surface area contributed by atoms with Gasteiger partial charge in [-0.3, -0.25) is 0 Å². The Morgan fingerprint density at radius 3 is 1.56 bits per heavy atom. The summed E-state index contributed by atoms with van der Waals surface area (Å²) in [6.45, 7) is 0. The Balaban J connectivity index is 1.22. The molecule has 6 nitrogen and oxygen atoms in total. The zero-order valence-electron chi connectivity index (χ0n) is 30.6. The van der Waals surface area contributed by atoms with E-state index in [2.05, 4.69) is 108 Å². The van der Waals surface area contributed by atoms with Gasteiger partial charge in [-0.15, -0.1) is 0 Å². The second kappa shape index (κ2) is 13.5. The molecule has 268 valence electrons. The summed E-state index contributed by atoms with van der Waals surface area (Å²) in [5, 5.41) is 3.88. The second-order valence-corrected chi connectivity index (χ2v) is 14.0. The number of benzene rings is 8. The van der Waals surface area contributed by atoms with Crippen molar-refractivity contribution in [2.45, 2.75) is 0 Å². The molecule has 57 heavy (non-hydrogen) atoms. The Hall–Kier alpha value is -7.83. The summed E-state index contributed by atoms with van der Waals surface area (Å²) < 4.78 is 13.0. The van der Waals surface area contributed by atoms with E-state index in [1.165, 1.54) is 0 Å². The lowest BCUT2D eigenvalue weighted by Gasteiger charge is -2.28. The summed E-state index contributed by atoms with van der Waals surface area (Å²) in [6.07, 6.45) is 0. The molecule has 3 aromatic heterocycles. The van der Waals surface area contributed by atoms with E-state index in [1.54, 1.807) is 0 Å². The van der Waals surface area contributed by atoms with Crippen molar-refractivity contribution >= 4 is 60.9 Å². The van der Waals surface area contributed by atoms with Crippen LogP contribution >= 0.6 is 0 Å². The Morgan fingerprint density at radius 1 is 0.333 bits per heavy atom. The number of furan rings is 2. The summed E-state index contributed by atoms with van der Waals surface area (Å²) >= 11 is 0. The van der Waals surface area contributed by atoms with Crippen molar-refractivity contribution in [1.82, 2.24) is 15.0 Å². The average Bonchev–Trinajstić information content (AvgIpc) is 3.86. The van der Waals surface area contributed by atoms with Crippen molar-refractivity contribution in [3.8, 4) is 45.3 Å². The molecule has 0 spiro atoms. The van der Waals surface area contributed by atoms with Gasteiger partial charge in [0, 0.05) is 55.6 Å². The monoisotopic (exact) mass is 732 g/mol. The molecule has 0 aliphatic rings. The van der Waals surface area contributed by atoms with Crippen molar-refractivity contribution in [2.24, 2.45) is 0 Å². The molecule has 0 fully saturated rings. The molecule has 0 bridgehead atoms. The van der Waals surface area contributed by atoms with Gasteiger partial charge in [0.15, 0.2) is 17.5 Å². The summed E-state index contributed by atoms with van der Waals surface area (Å²) in [7, 11) is 0. The molecule has 0 radical (unpaired) electrons. The summed E-state index contributed by atoms with van der Waals surface area (Å²) in [5.41, 5.74) is 10.8. The number of rotatable bonds is 7. The summed E-state index contributed by atoms with van der Waals surface area (Å²) in [6, 6.07) is 66.2. The Labute approximate surface area is 328 Å². The Kier molecular flexibility index (Phi) is 7.71. The van der Waals surface area contributed by atoms with Crippen LogP contribution in [0.3, 0.4) is 0 Å². The number of hydrogen-bond donors (Lipinski definition) is 0. The van der Waals surface area contributed by atoms with Crippen LogP contribution in [0.1, 0.15) is 0 Å². The van der Waals surface area contributed by atoms with Crippen molar-refractivity contribution in [3.05, 3.63) is 194 Å². The topological polar surface area (TPSA) is 68.2 Å². The zero-order valence-corrected chi connectivity index (χ0v) is 30.6. The van der Waals surface area contributed by atoms with Crippen molar-refractivity contribution in [2.75, 3.05) is 4.90 Å². The highest BCUT2D eigenvalue weighted by Gasteiger charge is 2.24. The number of aromatic nitrogens is 3. The van der Waals surface area contributed by atoms with Gasteiger partial charge in [0.1, 0.15) is 22.3 Å². The second-order valence-electron chi connectivity index (χ2n) is 14.0. The molecule has 3 heterocycles. The van der Waals surface area contributed by atoms with Crippen molar-refractivity contribution in [3.63, 3.8) is 0 Å². The van der Waals surface area contributed by atoms with E-state index in [9.17, 15) is 0 Å². The van der Waals surface area contributed by atoms with Gasteiger partial charge in [-0.2, -0.15) is 0 Å². The molecule has 6 heteroatoms. The largest absolute Gasteiger partial charge is 0.456 e. The van der Waals surface area contributed by atoms with Crippen LogP contribution in [0.25, 0.3) is 89.2 Å². The first-order valence-corrected chi connectivity index (χ1v) is 18.9. The maximum atomic E-state index is 6.71.